The maximum absolute atomic E-state index is 12.7. The highest BCUT2D eigenvalue weighted by atomic mass is 79.9. The second-order valence-electron chi connectivity index (χ2n) is 2.30. The number of hydrogen-bond acceptors (Lipinski definition) is 1. The summed E-state index contributed by atoms with van der Waals surface area (Å²) in [5, 5.41) is 8.45. The van der Waals surface area contributed by atoms with Crippen LogP contribution in [0, 0.1) is 17.1 Å². The van der Waals surface area contributed by atoms with E-state index in [1.807, 2.05) is 0 Å². The molecule has 0 N–H and O–H groups in total. The van der Waals surface area contributed by atoms with Crippen molar-refractivity contribution in [1.29, 1.82) is 5.26 Å². The van der Waals surface area contributed by atoms with Gasteiger partial charge in [-0.25, -0.2) is 4.39 Å². The number of halogens is 4. The van der Waals surface area contributed by atoms with Crippen molar-refractivity contribution in [3.63, 3.8) is 0 Å². The van der Waals surface area contributed by atoms with Crippen LogP contribution < -0.4 is 0 Å². The van der Waals surface area contributed by atoms with Gasteiger partial charge in [-0.3, -0.25) is 0 Å². The van der Waals surface area contributed by atoms with Crippen LogP contribution in [0.1, 0.15) is 11.1 Å². The van der Waals surface area contributed by atoms with Crippen molar-refractivity contribution in [1.82, 2.24) is 0 Å². The first-order chi connectivity index (χ1) is 5.95. The minimum Gasteiger partial charge on any atom is -0.207 e. The van der Waals surface area contributed by atoms with E-state index < -0.39 is 16.2 Å². The summed E-state index contributed by atoms with van der Waals surface area (Å²) in [4.78, 5) is -3.37. The molecule has 1 aromatic carbocycles. The summed E-state index contributed by atoms with van der Waals surface area (Å²) in [7, 11) is 0. The molecule has 0 bridgehead atoms. The molecule has 0 radical (unpaired) electrons. The summed E-state index contributed by atoms with van der Waals surface area (Å²) in [6.07, 6.45) is 0. The maximum Gasteiger partial charge on any atom is 0.328 e. The van der Waals surface area contributed by atoms with E-state index in [2.05, 4.69) is 15.9 Å². The van der Waals surface area contributed by atoms with Gasteiger partial charge < -0.3 is 0 Å². The molecule has 0 saturated carbocycles. The van der Waals surface area contributed by atoms with E-state index >= 15 is 0 Å². The van der Waals surface area contributed by atoms with E-state index in [9.17, 15) is 13.2 Å². The van der Waals surface area contributed by atoms with Gasteiger partial charge in [-0.15, -0.1) is 0 Å². The highest BCUT2D eigenvalue weighted by molar-refractivity contribution is 9.09. The van der Waals surface area contributed by atoms with Gasteiger partial charge in [0.2, 0.25) is 0 Å². The zero-order valence-electron chi connectivity index (χ0n) is 6.19. The molecule has 68 valence electrons. The normalized spacial score (nSPS) is 11.0. The zero-order valence-corrected chi connectivity index (χ0v) is 7.78. The lowest BCUT2D eigenvalue weighted by Gasteiger charge is -2.09. The van der Waals surface area contributed by atoms with Crippen LogP contribution in [0.3, 0.4) is 0 Å². The monoisotopic (exact) mass is 249 g/mol. The van der Waals surface area contributed by atoms with Crippen LogP contribution >= 0.6 is 15.9 Å². The van der Waals surface area contributed by atoms with Gasteiger partial charge in [0, 0.05) is 0 Å². The molecule has 13 heavy (non-hydrogen) atoms. The van der Waals surface area contributed by atoms with Gasteiger partial charge in [-0.1, -0.05) is 0 Å². The van der Waals surface area contributed by atoms with Gasteiger partial charge >= 0.3 is 4.83 Å². The predicted molar refractivity (Wildman–Crippen MR) is 43.9 cm³/mol. The third kappa shape index (κ3) is 2.22. The molecule has 0 aliphatic heterocycles. The van der Waals surface area contributed by atoms with Crippen molar-refractivity contribution < 1.29 is 13.2 Å². The van der Waals surface area contributed by atoms with Crippen molar-refractivity contribution in [3.8, 4) is 6.07 Å². The first-order valence-electron chi connectivity index (χ1n) is 3.22. The van der Waals surface area contributed by atoms with Gasteiger partial charge in [0.15, 0.2) is 0 Å². The molecule has 0 aromatic heterocycles. The topological polar surface area (TPSA) is 23.8 Å². The van der Waals surface area contributed by atoms with Crippen LogP contribution in [0.5, 0.6) is 0 Å². The SMILES string of the molecule is N#Cc1ccc(F)cc1C(F)(F)Br. The summed E-state index contributed by atoms with van der Waals surface area (Å²) in [6.45, 7) is 0. The Labute approximate surface area is 80.9 Å². The van der Waals surface area contributed by atoms with Crippen LogP contribution in [0.15, 0.2) is 18.2 Å². The molecule has 0 aliphatic carbocycles. The summed E-state index contributed by atoms with van der Waals surface area (Å²) in [6, 6.07) is 4.16. The lowest BCUT2D eigenvalue weighted by atomic mass is 10.1. The summed E-state index contributed by atoms with van der Waals surface area (Å²) >= 11 is 2.06. The van der Waals surface area contributed by atoms with E-state index in [4.69, 9.17) is 5.26 Å². The number of benzene rings is 1. The van der Waals surface area contributed by atoms with Crippen molar-refractivity contribution in [2.24, 2.45) is 0 Å². The van der Waals surface area contributed by atoms with E-state index in [1.165, 1.54) is 0 Å². The molecular weight excluding hydrogens is 247 g/mol. The van der Waals surface area contributed by atoms with Gasteiger partial charge in [-0.2, -0.15) is 14.0 Å². The van der Waals surface area contributed by atoms with E-state index in [0.717, 1.165) is 12.1 Å². The summed E-state index contributed by atoms with van der Waals surface area (Å²) in [5.41, 5.74) is -0.904. The Morgan fingerprint density at radius 2 is 2.00 bits per heavy atom. The molecule has 1 aromatic rings. The summed E-state index contributed by atoms with van der Waals surface area (Å²) in [5.74, 6) is -0.798. The Morgan fingerprint density at radius 1 is 1.38 bits per heavy atom. The van der Waals surface area contributed by atoms with Crippen molar-refractivity contribution in [2.75, 3.05) is 0 Å². The molecule has 0 aliphatic rings. The highest BCUT2D eigenvalue weighted by Crippen LogP contribution is 2.36. The molecule has 5 heteroatoms. The fraction of sp³-hybridized carbons (Fsp3) is 0.125. The lowest BCUT2D eigenvalue weighted by Crippen LogP contribution is -2.05. The number of nitriles is 1. The van der Waals surface area contributed by atoms with Gasteiger partial charge in [0.25, 0.3) is 0 Å². The largest absolute Gasteiger partial charge is 0.328 e. The van der Waals surface area contributed by atoms with E-state index in [0.29, 0.717) is 6.07 Å². The average Bonchev–Trinajstić information content (AvgIpc) is 2.03. The molecule has 1 rings (SSSR count). The first-order valence-corrected chi connectivity index (χ1v) is 4.01. The Kier molecular flexibility index (Phi) is 2.62. The van der Waals surface area contributed by atoms with Crippen LogP contribution in [0.4, 0.5) is 13.2 Å². The van der Waals surface area contributed by atoms with E-state index in [1.54, 1.807) is 6.07 Å². The molecular formula is C8H3BrF3N. The minimum atomic E-state index is -3.37. The molecule has 0 fully saturated rings. The molecule has 1 nitrogen and oxygen atoms in total. The molecule has 0 atom stereocenters. The van der Waals surface area contributed by atoms with E-state index in [-0.39, 0.29) is 5.56 Å². The molecule has 0 unspecified atom stereocenters. The number of rotatable bonds is 1. The van der Waals surface area contributed by atoms with Crippen LogP contribution in [-0.2, 0) is 4.83 Å². The standard InChI is InChI=1S/C8H3BrF3N/c9-8(11,12)7-3-6(10)2-1-5(7)4-13/h1-3H. The fourth-order valence-corrected chi connectivity index (χ4v) is 1.18. The lowest BCUT2D eigenvalue weighted by molar-refractivity contribution is 0.114. The van der Waals surface area contributed by atoms with Crippen molar-refractivity contribution in [2.45, 2.75) is 4.83 Å². The third-order valence-corrected chi connectivity index (χ3v) is 1.83. The third-order valence-electron chi connectivity index (χ3n) is 1.41. The fourth-order valence-electron chi connectivity index (χ4n) is 0.848. The molecule has 0 heterocycles. The predicted octanol–water partition coefficient (Wildman–Crippen LogP) is 3.14. The zero-order chi connectivity index (χ0) is 10.1. The Morgan fingerprint density at radius 3 is 2.46 bits per heavy atom. The average molecular weight is 250 g/mol. The number of nitrogens with zero attached hydrogens (tertiary/aromatic N) is 1. The van der Waals surface area contributed by atoms with Crippen LogP contribution in [-0.4, -0.2) is 0 Å². The minimum absolute atomic E-state index is 0.247. The van der Waals surface area contributed by atoms with Gasteiger partial charge in [-0.05, 0) is 34.1 Å². The second-order valence-corrected chi connectivity index (χ2v) is 3.30. The molecule has 0 spiro atoms. The van der Waals surface area contributed by atoms with Crippen molar-refractivity contribution >= 4 is 15.9 Å². The second kappa shape index (κ2) is 3.38. The van der Waals surface area contributed by atoms with Crippen LogP contribution in [0.25, 0.3) is 0 Å². The number of alkyl halides is 3. The first kappa shape index (κ1) is 10.1. The Hall–Kier alpha value is -1.02. The molecule has 0 saturated heterocycles. The number of hydrogen-bond donors (Lipinski definition) is 0. The highest BCUT2D eigenvalue weighted by Gasteiger charge is 2.30. The van der Waals surface area contributed by atoms with Gasteiger partial charge in [0.1, 0.15) is 5.82 Å². The maximum atomic E-state index is 12.7. The quantitative estimate of drug-likeness (QED) is 0.702. The van der Waals surface area contributed by atoms with Crippen molar-refractivity contribution in [3.05, 3.63) is 35.1 Å². The smallest absolute Gasteiger partial charge is 0.207 e. The van der Waals surface area contributed by atoms with Crippen LogP contribution in [0.2, 0.25) is 0 Å². The summed E-state index contributed by atoms with van der Waals surface area (Å²) < 4.78 is 37.9. The Bertz CT molecular complexity index is 365. The molecule has 0 amide bonds. The Balaban J connectivity index is 3.35. The van der Waals surface area contributed by atoms with Gasteiger partial charge in [0.05, 0.1) is 17.2 Å².